The summed E-state index contributed by atoms with van der Waals surface area (Å²) in [6.45, 7) is 3.81. The Balaban J connectivity index is 1.36. The van der Waals surface area contributed by atoms with Crippen LogP contribution in [-0.4, -0.2) is 19.3 Å². The molecule has 0 saturated carbocycles. The van der Waals surface area contributed by atoms with Crippen LogP contribution in [0.2, 0.25) is 0 Å². The van der Waals surface area contributed by atoms with Crippen molar-refractivity contribution in [1.82, 2.24) is 0 Å². The van der Waals surface area contributed by atoms with Gasteiger partial charge in [0.05, 0.1) is 6.61 Å². The van der Waals surface area contributed by atoms with Crippen LogP contribution in [0.3, 0.4) is 0 Å². The molecular weight excluding hydrogens is 356 g/mol. The van der Waals surface area contributed by atoms with Crippen LogP contribution >= 0.6 is 0 Å². The van der Waals surface area contributed by atoms with Gasteiger partial charge in [0.1, 0.15) is 18.5 Å². The summed E-state index contributed by atoms with van der Waals surface area (Å²) in [6.07, 6.45) is 25.9. The highest BCUT2D eigenvalue weighted by molar-refractivity contribution is 5.51. The van der Waals surface area contributed by atoms with Crippen LogP contribution in [0.25, 0.3) is 6.08 Å². The number of hydrogen-bond acceptors (Lipinski definition) is 2. The molecule has 0 radical (unpaired) electrons. The molecule has 0 amide bonds. The molecule has 2 rings (SSSR count). The summed E-state index contributed by atoms with van der Waals surface area (Å²) in [7, 11) is 0. The molecule has 29 heavy (non-hydrogen) atoms. The summed E-state index contributed by atoms with van der Waals surface area (Å²) in [4.78, 5) is 0. The number of epoxide rings is 1. The molecule has 2 heteroatoms. The van der Waals surface area contributed by atoms with Gasteiger partial charge in [-0.1, -0.05) is 115 Å². The van der Waals surface area contributed by atoms with Gasteiger partial charge < -0.3 is 9.47 Å². The zero-order valence-corrected chi connectivity index (χ0v) is 18.9. The first-order chi connectivity index (χ1) is 14.4. The van der Waals surface area contributed by atoms with E-state index in [1.165, 1.54) is 102 Å². The average molecular weight is 401 g/mol. The molecule has 2 nitrogen and oxygen atoms in total. The predicted octanol–water partition coefficient (Wildman–Crippen LogP) is 8.35. The van der Waals surface area contributed by atoms with Crippen LogP contribution in [-0.2, 0) is 4.74 Å². The van der Waals surface area contributed by atoms with Crippen molar-refractivity contribution in [3.63, 3.8) is 0 Å². The largest absolute Gasteiger partial charge is 0.491 e. The summed E-state index contributed by atoms with van der Waals surface area (Å²) in [5.41, 5.74) is 1.23. The van der Waals surface area contributed by atoms with Gasteiger partial charge in [-0.05, 0) is 30.5 Å². The van der Waals surface area contributed by atoms with Crippen LogP contribution in [0.4, 0.5) is 0 Å². The van der Waals surface area contributed by atoms with E-state index in [0.29, 0.717) is 12.7 Å². The molecule has 1 atom stereocenters. The lowest BCUT2D eigenvalue weighted by Gasteiger charge is -2.04. The van der Waals surface area contributed by atoms with Crippen molar-refractivity contribution in [2.24, 2.45) is 0 Å². The van der Waals surface area contributed by atoms with E-state index >= 15 is 0 Å². The highest BCUT2D eigenvalue weighted by Crippen LogP contribution is 2.18. The molecule has 1 heterocycles. The summed E-state index contributed by atoms with van der Waals surface area (Å²) in [5.74, 6) is 0.944. The first-order valence-corrected chi connectivity index (χ1v) is 12.4. The van der Waals surface area contributed by atoms with E-state index in [4.69, 9.17) is 9.47 Å². The molecule has 0 aliphatic carbocycles. The van der Waals surface area contributed by atoms with E-state index in [1.54, 1.807) is 0 Å². The molecule has 1 aliphatic heterocycles. The van der Waals surface area contributed by atoms with Gasteiger partial charge in [-0.3, -0.25) is 0 Å². The Hall–Kier alpha value is -1.28. The van der Waals surface area contributed by atoms with Gasteiger partial charge in [0, 0.05) is 0 Å². The van der Waals surface area contributed by atoms with E-state index in [2.05, 4.69) is 37.3 Å². The fourth-order valence-corrected chi connectivity index (χ4v) is 3.74. The summed E-state index contributed by atoms with van der Waals surface area (Å²) in [6, 6.07) is 8.34. The number of benzene rings is 1. The van der Waals surface area contributed by atoms with Crippen molar-refractivity contribution in [2.45, 2.75) is 109 Å². The molecule has 164 valence electrons. The number of allylic oxidation sites excluding steroid dienone is 1. The first-order valence-electron chi connectivity index (χ1n) is 12.4. The number of unbranched alkanes of at least 4 members (excludes halogenated alkanes) is 14. The van der Waals surface area contributed by atoms with E-state index < -0.39 is 0 Å². The summed E-state index contributed by atoms with van der Waals surface area (Å²) in [5, 5.41) is 0. The Morgan fingerprint density at radius 2 is 1.45 bits per heavy atom. The van der Waals surface area contributed by atoms with Gasteiger partial charge in [0.15, 0.2) is 0 Å². The van der Waals surface area contributed by atoms with E-state index in [-0.39, 0.29) is 0 Å². The Morgan fingerprint density at radius 1 is 0.862 bits per heavy atom. The van der Waals surface area contributed by atoms with Gasteiger partial charge in [0.2, 0.25) is 0 Å². The zero-order valence-electron chi connectivity index (χ0n) is 18.9. The van der Waals surface area contributed by atoms with E-state index in [9.17, 15) is 0 Å². The average Bonchev–Trinajstić information content (AvgIpc) is 3.57. The van der Waals surface area contributed by atoms with Crippen molar-refractivity contribution in [3.05, 3.63) is 35.9 Å². The number of ether oxygens (including phenoxy) is 2. The maximum Gasteiger partial charge on any atom is 0.120 e. The molecule has 1 fully saturated rings. The predicted molar refractivity (Wildman–Crippen MR) is 126 cm³/mol. The van der Waals surface area contributed by atoms with Gasteiger partial charge in [-0.15, -0.1) is 0 Å². The van der Waals surface area contributed by atoms with Crippen LogP contribution in [0.1, 0.15) is 109 Å². The van der Waals surface area contributed by atoms with Crippen LogP contribution in [0.15, 0.2) is 30.3 Å². The third-order valence-corrected chi connectivity index (χ3v) is 5.73. The molecule has 1 aliphatic rings. The summed E-state index contributed by atoms with van der Waals surface area (Å²) < 4.78 is 10.9. The lowest BCUT2D eigenvalue weighted by molar-refractivity contribution is 0.263. The van der Waals surface area contributed by atoms with Gasteiger partial charge in [-0.25, -0.2) is 0 Å². The quantitative estimate of drug-likeness (QED) is 0.172. The highest BCUT2D eigenvalue weighted by Gasteiger charge is 2.22. The minimum absolute atomic E-state index is 0.314. The van der Waals surface area contributed by atoms with E-state index in [1.807, 2.05) is 6.07 Å². The third-order valence-electron chi connectivity index (χ3n) is 5.73. The Labute approximate surface area is 180 Å². The number of rotatable bonds is 19. The molecule has 1 saturated heterocycles. The topological polar surface area (TPSA) is 21.8 Å². The number of hydrogen-bond donors (Lipinski definition) is 0. The van der Waals surface area contributed by atoms with Gasteiger partial charge in [0.25, 0.3) is 0 Å². The molecular formula is C27H44O2. The highest BCUT2D eigenvalue weighted by atomic mass is 16.6. The lowest BCUT2D eigenvalue weighted by Crippen LogP contribution is -2.03. The monoisotopic (exact) mass is 400 g/mol. The van der Waals surface area contributed by atoms with Crippen LogP contribution < -0.4 is 4.74 Å². The van der Waals surface area contributed by atoms with Crippen molar-refractivity contribution in [2.75, 3.05) is 13.2 Å². The molecule has 0 aromatic heterocycles. The summed E-state index contributed by atoms with van der Waals surface area (Å²) >= 11 is 0. The minimum Gasteiger partial charge on any atom is -0.491 e. The maximum absolute atomic E-state index is 5.74. The van der Waals surface area contributed by atoms with Crippen molar-refractivity contribution < 1.29 is 9.47 Å². The van der Waals surface area contributed by atoms with Crippen molar-refractivity contribution in [3.8, 4) is 5.75 Å². The Kier molecular flexibility index (Phi) is 13.7. The second-order valence-electron chi connectivity index (χ2n) is 8.63. The molecule has 1 aromatic rings. The normalized spacial score (nSPS) is 15.8. The van der Waals surface area contributed by atoms with Crippen molar-refractivity contribution >= 4 is 6.08 Å². The zero-order chi connectivity index (χ0) is 20.4. The molecule has 0 bridgehead atoms. The standard InChI is InChI=1S/C27H44O2/c1-2-3-4-5-6-7-8-9-10-11-12-13-14-15-16-17-19-25-20-18-21-26(22-25)28-23-27-24-29-27/h17-22,27H,2-16,23-24H2,1H3/b19-17+. The maximum atomic E-state index is 5.74. The molecule has 0 spiro atoms. The smallest absolute Gasteiger partial charge is 0.120 e. The van der Waals surface area contributed by atoms with Crippen LogP contribution in [0, 0.1) is 0 Å². The fraction of sp³-hybridized carbons (Fsp3) is 0.704. The Morgan fingerprint density at radius 3 is 2.03 bits per heavy atom. The lowest BCUT2D eigenvalue weighted by atomic mass is 10.0. The molecule has 1 unspecified atom stereocenters. The fourth-order valence-electron chi connectivity index (χ4n) is 3.74. The molecule has 0 N–H and O–H groups in total. The SMILES string of the molecule is CCCCCCCCCCCCCCCC/C=C/c1cccc(OCC2CO2)c1. The van der Waals surface area contributed by atoms with E-state index in [0.717, 1.165) is 12.4 Å². The third kappa shape index (κ3) is 13.5. The second kappa shape index (κ2) is 16.5. The van der Waals surface area contributed by atoms with Crippen molar-refractivity contribution in [1.29, 1.82) is 0 Å². The van der Waals surface area contributed by atoms with Crippen LogP contribution in [0.5, 0.6) is 5.75 Å². The Bertz CT molecular complexity index is 533. The molecule has 1 aromatic carbocycles. The first kappa shape index (κ1) is 24.0. The van der Waals surface area contributed by atoms with Gasteiger partial charge in [-0.2, -0.15) is 0 Å². The van der Waals surface area contributed by atoms with Gasteiger partial charge >= 0.3 is 0 Å². The second-order valence-corrected chi connectivity index (χ2v) is 8.63. The minimum atomic E-state index is 0.314.